The highest BCUT2D eigenvalue weighted by atomic mass is 19.1. The minimum absolute atomic E-state index is 0.0703. The second kappa shape index (κ2) is 6.53. The molecule has 0 aromatic heterocycles. The van der Waals surface area contributed by atoms with E-state index in [1.54, 1.807) is 0 Å². The summed E-state index contributed by atoms with van der Waals surface area (Å²) in [7, 11) is 0. The number of carbonyl (C=O) groups is 2. The van der Waals surface area contributed by atoms with Gasteiger partial charge in [-0.25, -0.2) is 14.0 Å². The predicted molar refractivity (Wildman–Crippen MR) is 73.8 cm³/mol. The Morgan fingerprint density at radius 1 is 1.19 bits per heavy atom. The van der Waals surface area contributed by atoms with Crippen LogP contribution in [0.5, 0.6) is 0 Å². The smallest absolute Gasteiger partial charge is 0.335 e. The molecule has 0 spiro atoms. The van der Waals surface area contributed by atoms with Gasteiger partial charge in [0.15, 0.2) is 0 Å². The van der Waals surface area contributed by atoms with Crippen LogP contribution in [0.2, 0.25) is 0 Å². The van der Waals surface area contributed by atoms with E-state index in [-0.39, 0.29) is 23.4 Å². The van der Waals surface area contributed by atoms with E-state index in [1.807, 2.05) is 0 Å². The van der Waals surface area contributed by atoms with Gasteiger partial charge in [0, 0.05) is 6.04 Å². The molecule has 0 bridgehead atoms. The maximum atomic E-state index is 13.6. The summed E-state index contributed by atoms with van der Waals surface area (Å²) in [6.07, 6.45) is 2.23. The fourth-order valence-electron chi connectivity index (χ4n) is 2.32. The standard InChI is InChI=1S/C14H17FN2O4/c15-11-6-1-8(13(19)20)7-12(11)17-14(21)16-9-2-4-10(18)5-3-9/h1,6-7,9-10,18H,2-5H2,(H,19,20)(H2,16,17,21). The monoisotopic (exact) mass is 296 g/mol. The molecule has 21 heavy (non-hydrogen) atoms. The van der Waals surface area contributed by atoms with E-state index in [0.29, 0.717) is 25.7 Å². The number of carbonyl (C=O) groups excluding carboxylic acids is 1. The number of aromatic carboxylic acids is 1. The van der Waals surface area contributed by atoms with Crippen molar-refractivity contribution < 1.29 is 24.2 Å². The first-order valence-corrected chi connectivity index (χ1v) is 6.74. The fourth-order valence-corrected chi connectivity index (χ4v) is 2.32. The molecule has 0 atom stereocenters. The van der Waals surface area contributed by atoms with Crippen LogP contribution in [0.25, 0.3) is 0 Å². The van der Waals surface area contributed by atoms with Gasteiger partial charge in [0.25, 0.3) is 0 Å². The normalized spacial score (nSPS) is 21.6. The van der Waals surface area contributed by atoms with E-state index in [9.17, 15) is 19.1 Å². The van der Waals surface area contributed by atoms with Gasteiger partial charge >= 0.3 is 12.0 Å². The summed E-state index contributed by atoms with van der Waals surface area (Å²) >= 11 is 0. The molecule has 0 heterocycles. The zero-order chi connectivity index (χ0) is 15.4. The molecule has 1 aliphatic rings. The number of carboxylic acid groups (broad SMARTS) is 1. The van der Waals surface area contributed by atoms with Crippen molar-refractivity contribution >= 4 is 17.7 Å². The Balaban J connectivity index is 1.96. The number of hydrogen-bond donors (Lipinski definition) is 4. The van der Waals surface area contributed by atoms with Gasteiger partial charge in [-0.2, -0.15) is 0 Å². The maximum Gasteiger partial charge on any atom is 0.335 e. The topological polar surface area (TPSA) is 98.7 Å². The Morgan fingerprint density at radius 2 is 1.86 bits per heavy atom. The van der Waals surface area contributed by atoms with Crippen LogP contribution in [0.1, 0.15) is 36.0 Å². The molecule has 1 aromatic carbocycles. The van der Waals surface area contributed by atoms with E-state index in [0.717, 1.165) is 18.2 Å². The number of rotatable bonds is 3. The first-order chi connectivity index (χ1) is 9.95. The minimum atomic E-state index is -1.19. The number of urea groups is 1. The first-order valence-electron chi connectivity index (χ1n) is 6.74. The number of nitrogens with one attached hydrogen (secondary N) is 2. The van der Waals surface area contributed by atoms with Crippen molar-refractivity contribution in [2.24, 2.45) is 0 Å². The second-order valence-electron chi connectivity index (χ2n) is 5.10. The third-order valence-corrected chi connectivity index (χ3v) is 3.49. The zero-order valence-electron chi connectivity index (χ0n) is 11.3. The van der Waals surface area contributed by atoms with Crippen LogP contribution in [0.4, 0.5) is 14.9 Å². The number of halogens is 1. The lowest BCUT2D eigenvalue weighted by Crippen LogP contribution is -2.41. The lowest BCUT2D eigenvalue weighted by molar-refractivity contribution is 0.0697. The Bertz CT molecular complexity index is 542. The molecular weight excluding hydrogens is 279 g/mol. The van der Waals surface area contributed by atoms with E-state index in [2.05, 4.69) is 10.6 Å². The highest BCUT2D eigenvalue weighted by Crippen LogP contribution is 2.19. The van der Waals surface area contributed by atoms with E-state index < -0.39 is 17.8 Å². The molecule has 7 heteroatoms. The van der Waals surface area contributed by atoms with E-state index >= 15 is 0 Å². The van der Waals surface area contributed by atoms with Gasteiger partial charge in [0.05, 0.1) is 17.4 Å². The van der Waals surface area contributed by atoms with Crippen molar-refractivity contribution in [1.29, 1.82) is 0 Å². The molecule has 0 saturated heterocycles. The summed E-state index contributed by atoms with van der Waals surface area (Å²) in [6, 6.07) is 2.54. The molecule has 4 N–H and O–H groups in total. The summed E-state index contributed by atoms with van der Waals surface area (Å²) in [5.74, 6) is -1.89. The van der Waals surface area contributed by atoms with Crippen LogP contribution in [-0.2, 0) is 0 Å². The van der Waals surface area contributed by atoms with Crippen molar-refractivity contribution in [2.45, 2.75) is 37.8 Å². The molecule has 0 aliphatic heterocycles. The summed E-state index contributed by atoms with van der Waals surface area (Å²) in [6.45, 7) is 0. The fraction of sp³-hybridized carbons (Fsp3) is 0.429. The minimum Gasteiger partial charge on any atom is -0.478 e. The lowest BCUT2D eigenvalue weighted by Gasteiger charge is -2.26. The SMILES string of the molecule is O=C(Nc1cc(C(=O)O)ccc1F)NC1CCC(O)CC1. The Hall–Kier alpha value is -2.15. The van der Waals surface area contributed by atoms with Crippen molar-refractivity contribution in [3.05, 3.63) is 29.6 Å². The molecule has 1 aromatic rings. The van der Waals surface area contributed by atoms with Crippen LogP contribution in [0.3, 0.4) is 0 Å². The van der Waals surface area contributed by atoms with Gasteiger partial charge in [0.2, 0.25) is 0 Å². The van der Waals surface area contributed by atoms with Crippen LogP contribution in [-0.4, -0.2) is 34.4 Å². The largest absolute Gasteiger partial charge is 0.478 e. The average molecular weight is 296 g/mol. The Kier molecular flexibility index (Phi) is 4.74. The highest BCUT2D eigenvalue weighted by Gasteiger charge is 2.21. The van der Waals surface area contributed by atoms with Gasteiger partial charge < -0.3 is 20.8 Å². The third-order valence-electron chi connectivity index (χ3n) is 3.49. The average Bonchev–Trinajstić information content (AvgIpc) is 2.43. The lowest BCUT2D eigenvalue weighted by atomic mass is 9.93. The van der Waals surface area contributed by atoms with E-state index in [4.69, 9.17) is 5.11 Å². The Morgan fingerprint density at radius 3 is 2.48 bits per heavy atom. The number of hydrogen-bond acceptors (Lipinski definition) is 3. The van der Waals surface area contributed by atoms with Gasteiger partial charge in [-0.05, 0) is 43.9 Å². The van der Waals surface area contributed by atoms with Crippen molar-refractivity contribution in [2.75, 3.05) is 5.32 Å². The third kappa shape index (κ3) is 4.16. The molecule has 2 rings (SSSR count). The molecule has 114 valence electrons. The molecule has 6 nitrogen and oxygen atoms in total. The van der Waals surface area contributed by atoms with Crippen molar-refractivity contribution in [1.82, 2.24) is 5.32 Å². The highest BCUT2D eigenvalue weighted by molar-refractivity contribution is 5.93. The summed E-state index contributed by atoms with van der Waals surface area (Å²) in [5.41, 5.74) is -0.282. The number of aliphatic hydroxyl groups excluding tert-OH is 1. The number of aliphatic hydroxyl groups is 1. The second-order valence-corrected chi connectivity index (χ2v) is 5.10. The summed E-state index contributed by atoms with van der Waals surface area (Å²) < 4.78 is 13.6. The van der Waals surface area contributed by atoms with Crippen molar-refractivity contribution in [3.63, 3.8) is 0 Å². The van der Waals surface area contributed by atoms with Gasteiger partial charge in [-0.3, -0.25) is 0 Å². The molecule has 0 unspecified atom stereocenters. The van der Waals surface area contributed by atoms with Gasteiger partial charge in [-0.15, -0.1) is 0 Å². The molecule has 1 fully saturated rings. The van der Waals surface area contributed by atoms with Crippen molar-refractivity contribution in [3.8, 4) is 0 Å². The number of benzene rings is 1. The summed E-state index contributed by atoms with van der Waals surface area (Å²) in [5, 5.41) is 23.2. The Labute approximate surface area is 121 Å². The predicted octanol–water partition coefficient (Wildman–Crippen LogP) is 1.95. The van der Waals surface area contributed by atoms with Crippen LogP contribution in [0.15, 0.2) is 18.2 Å². The maximum absolute atomic E-state index is 13.6. The van der Waals surface area contributed by atoms with Gasteiger partial charge in [-0.1, -0.05) is 0 Å². The molecule has 2 amide bonds. The quantitative estimate of drug-likeness (QED) is 0.685. The number of anilines is 1. The summed E-state index contributed by atoms with van der Waals surface area (Å²) in [4.78, 5) is 22.6. The van der Waals surface area contributed by atoms with Gasteiger partial charge in [0.1, 0.15) is 5.82 Å². The number of amides is 2. The van der Waals surface area contributed by atoms with E-state index in [1.165, 1.54) is 0 Å². The molecule has 1 saturated carbocycles. The molecule has 1 aliphatic carbocycles. The number of carboxylic acids is 1. The zero-order valence-corrected chi connectivity index (χ0v) is 11.3. The van der Waals surface area contributed by atoms with Crippen LogP contribution < -0.4 is 10.6 Å². The molecule has 0 radical (unpaired) electrons. The first kappa shape index (κ1) is 15.2. The van der Waals surface area contributed by atoms with Crippen LogP contribution in [0, 0.1) is 5.82 Å². The molecular formula is C14H17FN2O4. The van der Waals surface area contributed by atoms with Crippen LogP contribution >= 0.6 is 0 Å².